The zero-order chi connectivity index (χ0) is 10.1. The Hall–Kier alpha value is -0.870. The number of aromatic nitrogens is 3. The van der Waals surface area contributed by atoms with E-state index in [2.05, 4.69) is 26.0 Å². The molecule has 0 saturated carbocycles. The summed E-state index contributed by atoms with van der Waals surface area (Å²) in [5, 5.41) is 4.67. The molecule has 0 aliphatic carbocycles. The Bertz CT molecular complexity index is 467. The summed E-state index contributed by atoms with van der Waals surface area (Å²) < 4.78 is 2.63. The molecule has 2 aromatic rings. The van der Waals surface area contributed by atoms with E-state index < -0.39 is 0 Å². The Balaban J connectivity index is 2.47. The average molecular weight is 273 g/mol. The summed E-state index contributed by atoms with van der Waals surface area (Å²) in [4.78, 5) is 4.35. The zero-order valence-corrected chi connectivity index (χ0v) is 9.75. The number of pyridine rings is 1. The molecule has 3 nitrogen and oxygen atoms in total. The van der Waals surface area contributed by atoms with E-state index in [0.29, 0.717) is 5.02 Å². The van der Waals surface area contributed by atoms with Gasteiger partial charge in [0.1, 0.15) is 0 Å². The van der Waals surface area contributed by atoms with Gasteiger partial charge in [0, 0.05) is 4.47 Å². The maximum atomic E-state index is 5.76. The van der Waals surface area contributed by atoms with Crippen LogP contribution in [0.15, 0.2) is 29.0 Å². The normalized spacial score (nSPS) is 10.5. The largest absolute Gasteiger partial charge is 0.233 e. The minimum atomic E-state index is 0.604. The molecule has 0 radical (unpaired) electrons. The third-order valence-corrected chi connectivity index (χ3v) is 2.83. The molecule has 0 saturated heterocycles. The SMILES string of the molecule is Cc1nc(-n2cc(Cl)cn2)ccc1Br. The second kappa shape index (κ2) is 3.71. The van der Waals surface area contributed by atoms with E-state index in [1.165, 1.54) is 0 Å². The van der Waals surface area contributed by atoms with Gasteiger partial charge in [-0.15, -0.1) is 0 Å². The molecule has 0 aliphatic rings. The van der Waals surface area contributed by atoms with Crippen LogP contribution in [0.5, 0.6) is 0 Å². The number of hydrogen-bond donors (Lipinski definition) is 0. The average Bonchev–Trinajstić information content (AvgIpc) is 2.57. The monoisotopic (exact) mass is 271 g/mol. The van der Waals surface area contributed by atoms with E-state index in [-0.39, 0.29) is 0 Å². The highest BCUT2D eigenvalue weighted by atomic mass is 79.9. The first-order chi connectivity index (χ1) is 6.66. The first-order valence-electron chi connectivity index (χ1n) is 4.00. The van der Waals surface area contributed by atoms with Crippen molar-refractivity contribution in [1.82, 2.24) is 14.8 Å². The molecule has 0 unspecified atom stereocenters. The number of halogens is 2. The Morgan fingerprint density at radius 1 is 1.43 bits per heavy atom. The van der Waals surface area contributed by atoms with Crippen molar-refractivity contribution in [2.75, 3.05) is 0 Å². The molecule has 0 spiro atoms. The molecule has 0 bridgehead atoms. The lowest BCUT2D eigenvalue weighted by molar-refractivity contribution is 0.839. The van der Waals surface area contributed by atoms with Crippen LogP contribution < -0.4 is 0 Å². The van der Waals surface area contributed by atoms with Gasteiger partial charge in [-0.05, 0) is 35.0 Å². The fourth-order valence-electron chi connectivity index (χ4n) is 1.08. The van der Waals surface area contributed by atoms with Gasteiger partial charge in [-0.1, -0.05) is 11.6 Å². The molecule has 2 aromatic heterocycles. The predicted molar refractivity (Wildman–Crippen MR) is 58.8 cm³/mol. The van der Waals surface area contributed by atoms with Crippen molar-refractivity contribution in [3.8, 4) is 5.82 Å². The third kappa shape index (κ3) is 1.81. The molecule has 5 heteroatoms. The van der Waals surface area contributed by atoms with Gasteiger partial charge in [-0.3, -0.25) is 0 Å². The van der Waals surface area contributed by atoms with E-state index in [1.54, 1.807) is 17.1 Å². The predicted octanol–water partition coefficient (Wildman–Crippen LogP) is 2.99. The highest BCUT2D eigenvalue weighted by Gasteiger charge is 2.02. The van der Waals surface area contributed by atoms with Crippen LogP contribution in [-0.4, -0.2) is 14.8 Å². The minimum Gasteiger partial charge on any atom is -0.233 e. The first-order valence-corrected chi connectivity index (χ1v) is 5.17. The van der Waals surface area contributed by atoms with Crippen molar-refractivity contribution in [3.05, 3.63) is 39.7 Å². The second-order valence-electron chi connectivity index (χ2n) is 2.84. The smallest absolute Gasteiger partial charge is 0.153 e. The van der Waals surface area contributed by atoms with Gasteiger partial charge in [-0.25, -0.2) is 9.67 Å². The van der Waals surface area contributed by atoms with Crippen LogP contribution in [0, 0.1) is 6.92 Å². The summed E-state index contributed by atoms with van der Waals surface area (Å²) in [6.45, 7) is 1.93. The summed E-state index contributed by atoms with van der Waals surface area (Å²) in [5.74, 6) is 0.762. The minimum absolute atomic E-state index is 0.604. The number of aryl methyl sites for hydroxylation is 1. The van der Waals surface area contributed by atoms with Crippen molar-refractivity contribution in [2.24, 2.45) is 0 Å². The number of rotatable bonds is 1. The first kappa shape index (κ1) is 9.68. The molecular weight excluding hydrogens is 265 g/mol. The Morgan fingerprint density at radius 3 is 2.79 bits per heavy atom. The van der Waals surface area contributed by atoms with Gasteiger partial charge < -0.3 is 0 Å². The van der Waals surface area contributed by atoms with E-state index >= 15 is 0 Å². The summed E-state index contributed by atoms with van der Waals surface area (Å²) in [5.41, 5.74) is 0.925. The van der Waals surface area contributed by atoms with Crippen LogP contribution in [0.4, 0.5) is 0 Å². The van der Waals surface area contributed by atoms with Gasteiger partial charge in [0.2, 0.25) is 0 Å². The fraction of sp³-hybridized carbons (Fsp3) is 0.111. The molecule has 0 N–H and O–H groups in total. The highest BCUT2D eigenvalue weighted by molar-refractivity contribution is 9.10. The Kier molecular flexibility index (Phi) is 2.56. The topological polar surface area (TPSA) is 30.7 Å². The molecule has 0 aromatic carbocycles. The van der Waals surface area contributed by atoms with Crippen LogP contribution in [0.3, 0.4) is 0 Å². The van der Waals surface area contributed by atoms with Crippen molar-refractivity contribution >= 4 is 27.5 Å². The van der Waals surface area contributed by atoms with Gasteiger partial charge in [0.05, 0.1) is 23.1 Å². The van der Waals surface area contributed by atoms with E-state index in [1.807, 2.05) is 19.1 Å². The maximum absolute atomic E-state index is 5.76. The lowest BCUT2D eigenvalue weighted by Gasteiger charge is -2.02. The fourth-order valence-corrected chi connectivity index (χ4v) is 1.44. The van der Waals surface area contributed by atoms with Crippen LogP contribution in [-0.2, 0) is 0 Å². The van der Waals surface area contributed by atoms with Crippen molar-refractivity contribution < 1.29 is 0 Å². The van der Waals surface area contributed by atoms with Gasteiger partial charge in [0.15, 0.2) is 5.82 Å². The number of hydrogen-bond acceptors (Lipinski definition) is 2. The van der Waals surface area contributed by atoms with E-state index in [4.69, 9.17) is 11.6 Å². The molecule has 2 rings (SSSR count). The van der Waals surface area contributed by atoms with Crippen LogP contribution in [0.25, 0.3) is 5.82 Å². The highest BCUT2D eigenvalue weighted by Crippen LogP contribution is 2.16. The molecular formula is C9H7BrClN3. The molecule has 72 valence electrons. The van der Waals surface area contributed by atoms with Crippen molar-refractivity contribution in [2.45, 2.75) is 6.92 Å². The maximum Gasteiger partial charge on any atom is 0.153 e. The lowest BCUT2D eigenvalue weighted by Crippen LogP contribution is -1.98. The van der Waals surface area contributed by atoms with Crippen LogP contribution in [0.1, 0.15) is 5.69 Å². The summed E-state index contributed by atoms with van der Waals surface area (Å²) in [6.07, 6.45) is 3.30. The molecule has 0 aliphatic heterocycles. The zero-order valence-electron chi connectivity index (χ0n) is 7.41. The van der Waals surface area contributed by atoms with E-state index in [0.717, 1.165) is 16.0 Å². The summed E-state index contributed by atoms with van der Waals surface area (Å²) in [7, 11) is 0. The summed E-state index contributed by atoms with van der Waals surface area (Å²) >= 11 is 9.15. The molecule has 0 amide bonds. The van der Waals surface area contributed by atoms with Gasteiger partial charge in [0.25, 0.3) is 0 Å². The van der Waals surface area contributed by atoms with Crippen molar-refractivity contribution in [1.29, 1.82) is 0 Å². The van der Waals surface area contributed by atoms with Crippen LogP contribution in [0.2, 0.25) is 5.02 Å². The lowest BCUT2D eigenvalue weighted by atomic mass is 10.4. The standard InChI is InChI=1S/C9H7BrClN3/c1-6-8(10)2-3-9(13-6)14-5-7(11)4-12-14/h2-5H,1H3. The quantitative estimate of drug-likeness (QED) is 0.799. The Labute approximate surface area is 94.9 Å². The van der Waals surface area contributed by atoms with Gasteiger partial charge >= 0.3 is 0 Å². The molecule has 14 heavy (non-hydrogen) atoms. The number of nitrogens with zero attached hydrogens (tertiary/aromatic N) is 3. The molecule has 0 fully saturated rings. The summed E-state index contributed by atoms with van der Waals surface area (Å²) in [6, 6.07) is 3.81. The second-order valence-corrected chi connectivity index (χ2v) is 4.13. The molecule has 0 atom stereocenters. The van der Waals surface area contributed by atoms with Crippen LogP contribution >= 0.6 is 27.5 Å². The third-order valence-electron chi connectivity index (χ3n) is 1.79. The van der Waals surface area contributed by atoms with E-state index in [9.17, 15) is 0 Å². The Morgan fingerprint density at radius 2 is 2.21 bits per heavy atom. The molecule has 2 heterocycles. The van der Waals surface area contributed by atoms with Crippen molar-refractivity contribution in [3.63, 3.8) is 0 Å². The van der Waals surface area contributed by atoms with Gasteiger partial charge in [-0.2, -0.15) is 5.10 Å².